The first-order valence-corrected chi connectivity index (χ1v) is 11.2. The third-order valence-corrected chi connectivity index (χ3v) is 7.04. The molecule has 0 atom stereocenters. The second-order valence-corrected chi connectivity index (χ2v) is 9.43. The zero-order chi connectivity index (χ0) is 19.7. The van der Waals surface area contributed by atoms with Gasteiger partial charge in [-0.05, 0) is 31.4 Å². The van der Waals surface area contributed by atoms with Gasteiger partial charge in [0.15, 0.2) is 9.84 Å². The highest BCUT2D eigenvalue weighted by molar-refractivity contribution is 7.90. The van der Waals surface area contributed by atoms with Gasteiger partial charge in [-0.2, -0.15) is 0 Å². The normalized spacial score (nSPS) is 14.7. The van der Waals surface area contributed by atoms with Crippen molar-refractivity contribution in [2.45, 2.75) is 37.0 Å². The predicted octanol–water partition coefficient (Wildman–Crippen LogP) is 3.55. The average molecular weight is 397 g/mol. The predicted molar refractivity (Wildman–Crippen MR) is 110 cm³/mol. The van der Waals surface area contributed by atoms with Crippen molar-refractivity contribution in [3.63, 3.8) is 0 Å². The van der Waals surface area contributed by atoms with Gasteiger partial charge in [0.2, 0.25) is 5.91 Å². The van der Waals surface area contributed by atoms with Crippen molar-refractivity contribution in [3.05, 3.63) is 65.9 Å². The molecule has 1 aliphatic heterocycles. The molecule has 1 aliphatic rings. The molecule has 0 N–H and O–H groups in total. The molecular weight excluding hydrogens is 372 g/mol. The molecule has 0 radical (unpaired) electrons. The van der Waals surface area contributed by atoms with Crippen LogP contribution in [-0.4, -0.2) is 36.9 Å². The fourth-order valence-electron chi connectivity index (χ4n) is 3.79. The van der Waals surface area contributed by atoms with Crippen LogP contribution in [0.1, 0.15) is 24.0 Å². The average Bonchev–Trinajstić information content (AvgIpc) is 3.32. The lowest BCUT2D eigenvalue weighted by atomic mass is 10.2. The molecule has 0 saturated carbocycles. The molecule has 0 aliphatic carbocycles. The van der Waals surface area contributed by atoms with E-state index >= 15 is 0 Å². The minimum atomic E-state index is -3.53. The second-order valence-electron chi connectivity index (χ2n) is 7.47. The monoisotopic (exact) mass is 396 g/mol. The number of nitrogens with zero attached hydrogens (tertiary/aromatic N) is 2. The van der Waals surface area contributed by atoms with Gasteiger partial charge in [0.1, 0.15) is 6.54 Å². The number of carbonyl (C=O) groups excluding carboxylic acids is 1. The van der Waals surface area contributed by atoms with Crippen molar-refractivity contribution in [3.8, 4) is 0 Å². The molecule has 0 bridgehead atoms. The van der Waals surface area contributed by atoms with E-state index in [2.05, 4.69) is 0 Å². The quantitative estimate of drug-likeness (QED) is 0.663. The number of hydrogen-bond donors (Lipinski definition) is 0. The number of carbonyl (C=O) groups is 1. The Bertz CT molecular complexity index is 1110. The molecule has 3 aromatic rings. The van der Waals surface area contributed by atoms with E-state index in [-0.39, 0.29) is 23.1 Å². The van der Waals surface area contributed by atoms with E-state index < -0.39 is 9.84 Å². The van der Waals surface area contributed by atoms with E-state index in [0.717, 1.165) is 42.6 Å². The Morgan fingerprint density at radius 1 is 1.00 bits per heavy atom. The van der Waals surface area contributed by atoms with Crippen molar-refractivity contribution in [1.82, 2.24) is 9.47 Å². The number of benzene rings is 2. The highest BCUT2D eigenvalue weighted by Gasteiger charge is 2.24. The molecule has 6 heteroatoms. The Balaban J connectivity index is 1.68. The van der Waals surface area contributed by atoms with Gasteiger partial charge in [-0.3, -0.25) is 4.79 Å². The SMILES string of the molecule is Cc1ccc(CS(=O)(=O)c2cn(CC(=O)N3CCCC3)c3ccccc23)cc1. The van der Waals surface area contributed by atoms with E-state index in [1.807, 2.05) is 60.4 Å². The summed E-state index contributed by atoms with van der Waals surface area (Å²) in [6.07, 6.45) is 3.70. The molecule has 4 rings (SSSR count). The van der Waals surface area contributed by atoms with Gasteiger partial charge in [0.05, 0.1) is 10.6 Å². The summed E-state index contributed by atoms with van der Waals surface area (Å²) in [6, 6.07) is 14.9. The minimum Gasteiger partial charge on any atom is -0.341 e. The summed E-state index contributed by atoms with van der Waals surface area (Å²) >= 11 is 0. The van der Waals surface area contributed by atoms with Crippen LogP contribution in [0.3, 0.4) is 0 Å². The zero-order valence-corrected chi connectivity index (χ0v) is 16.8. The first kappa shape index (κ1) is 18.7. The molecule has 28 heavy (non-hydrogen) atoms. The maximum Gasteiger partial charge on any atom is 0.242 e. The number of para-hydroxylation sites is 1. The fourth-order valence-corrected chi connectivity index (χ4v) is 5.37. The molecule has 1 aromatic heterocycles. The zero-order valence-electron chi connectivity index (χ0n) is 16.0. The molecule has 2 aromatic carbocycles. The van der Waals surface area contributed by atoms with Gasteiger partial charge in [0.25, 0.3) is 0 Å². The maximum absolute atomic E-state index is 13.1. The van der Waals surface area contributed by atoms with Crippen molar-refractivity contribution in [2.24, 2.45) is 0 Å². The summed E-state index contributed by atoms with van der Waals surface area (Å²) in [6.45, 7) is 3.72. The molecule has 5 nitrogen and oxygen atoms in total. The summed E-state index contributed by atoms with van der Waals surface area (Å²) in [5, 5.41) is 0.670. The number of aromatic nitrogens is 1. The van der Waals surface area contributed by atoms with Crippen molar-refractivity contribution < 1.29 is 13.2 Å². The molecule has 146 valence electrons. The van der Waals surface area contributed by atoms with E-state index in [1.165, 1.54) is 0 Å². The fraction of sp³-hybridized carbons (Fsp3) is 0.318. The first-order chi connectivity index (χ1) is 13.4. The maximum atomic E-state index is 13.1. The standard InChI is InChI=1S/C22H24N2O3S/c1-17-8-10-18(11-9-17)16-28(26,27)21-14-24(20-7-3-2-6-19(20)21)15-22(25)23-12-4-5-13-23/h2-3,6-11,14H,4-5,12-13,15-16H2,1H3. The van der Waals surface area contributed by atoms with Crippen LogP contribution in [-0.2, 0) is 26.9 Å². The van der Waals surface area contributed by atoms with Crippen LogP contribution >= 0.6 is 0 Å². The van der Waals surface area contributed by atoms with Crippen LogP contribution in [0.15, 0.2) is 59.6 Å². The van der Waals surface area contributed by atoms with Crippen LogP contribution in [0.25, 0.3) is 10.9 Å². The third-order valence-electron chi connectivity index (χ3n) is 5.33. The smallest absolute Gasteiger partial charge is 0.242 e. The molecule has 1 amide bonds. The number of fused-ring (bicyclic) bond motifs is 1. The number of amides is 1. The lowest BCUT2D eigenvalue weighted by Crippen LogP contribution is -2.30. The van der Waals surface area contributed by atoms with Crippen molar-refractivity contribution in [1.29, 1.82) is 0 Å². The van der Waals surface area contributed by atoms with Gasteiger partial charge < -0.3 is 9.47 Å². The largest absolute Gasteiger partial charge is 0.341 e. The van der Waals surface area contributed by atoms with Crippen LogP contribution in [0, 0.1) is 6.92 Å². The Morgan fingerprint density at radius 2 is 1.68 bits per heavy atom. The van der Waals surface area contributed by atoms with Crippen LogP contribution in [0.2, 0.25) is 0 Å². The lowest BCUT2D eigenvalue weighted by Gasteiger charge is -2.15. The second kappa shape index (κ2) is 7.43. The number of aryl methyl sites for hydroxylation is 1. The van der Waals surface area contributed by atoms with E-state index in [9.17, 15) is 13.2 Å². The van der Waals surface area contributed by atoms with Crippen LogP contribution in [0.5, 0.6) is 0 Å². The Hall–Kier alpha value is -2.60. The third kappa shape index (κ3) is 3.69. The highest BCUT2D eigenvalue weighted by atomic mass is 32.2. The van der Waals surface area contributed by atoms with Gasteiger partial charge in [-0.15, -0.1) is 0 Å². The number of rotatable bonds is 5. The van der Waals surface area contributed by atoms with Gasteiger partial charge in [0, 0.05) is 30.2 Å². The Morgan fingerprint density at radius 3 is 2.39 bits per heavy atom. The summed E-state index contributed by atoms with van der Waals surface area (Å²) in [5.74, 6) is -0.0119. The van der Waals surface area contributed by atoms with Crippen molar-refractivity contribution in [2.75, 3.05) is 13.1 Å². The number of sulfone groups is 1. The number of hydrogen-bond acceptors (Lipinski definition) is 3. The first-order valence-electron chi connectivity index (χ1n) is 9.58. The van der Waals surface area contributed by atoms with Gasteiger partial charge in [-0.1, -0.05) is 48.0 Å². The van der Waals surface area contributed by atoms with E-state index in [1.54, 1.807) is 10.8 Å². The summed E-state index contributed by atoms with van der Waals surface area (Å²) in [7, 11) is -3.53. The van der Waals surface area contributed by atoms with E-state index in [4.69, 9.17) is 0 Å². The lowest BCUT2D eigenvalue weighted by molar-refractivity contribution is -0.130. The number of likely N-dealkylation sites (tertiary alicyclic amines) is 1. The molecular formula is C22H24N2O3S. The Kier molecular flexibility index (Phi) is 4.98. The minimum absolute atomic E-state index is 0.0423. The molecule has 0 spiro atoms. The molecule has 1 saturated heterocycles. The van der Waals surface area contributed by atoms with Gasteiger partial charge in [-0.25, -0.2) is 8.42 Å². The van der Waals surface area contributed by atoms with E-state index in [0.29, 0.717) is 5.39 Å². The van der Waals surface area contributed by atoms with Crippen LogP contribution in [0.4, 0.5) is 0 Å². The van der Waals surface area contributed by atoms with Crippen molar-refractivity contribution >= 4 is 26.6 Å². The summed E-state index contributed by atoms with van der Waals surface area (Å²) < 4.78 is 28.1. The van der Waals surface area contributed by atoms with Crippen LogP contribution < -0.4 is 0 Å². The molecule has 1 fully saturated rings. The highest BCUT2D eigenvalue weighted by Crippen LogP contribution is 2.28. The summed E-state index contributed by atoms with van der Waals surface area (Å²) in [4.78, 5) is 14.7. The Labute approximate surface area is 165 Å². The topological polar surface area (TPSA) is 59.4 Å². The summed E-state index contributed by atoms with van der Waals surface area (Å²) in [5.41, 5.74) is 2.63. The molecule has 0 unspecified atom stereocenters. The molecule has 2 heterocycles. The van der Waals surface area contributed by atoms with Gasteiger partial charge >= 0.3 is 0 Å².